The summed E-state index contributed by atoms with van der Waals surface area (Å²) in [5.41, 5.74) is 1.29. The Morgan fingerprint density at radius 2 is 1.63 bits per heavy atom. The Bertz CT molecular complexity index is 898. The normalized spacial score (nSPS) is 16.2. The van der Waals surface area contributed by atoms with Crippen molar-refractivity contribution in [1.29, 1.82) is 0 Å². The highest BCUT2D eigenvalue weighted by Crippen LogP contribution is 2.30. The number of likely N-dealkylation sites (tertiary alicyclic amines) is 1. The number of nitrogens with one attached hydrogen (secondary N) is 1. The lowest BCUT2D eigenvalue weighted by Gasteiger charge is -2.38. The Morgan fingerprint density at radius 1 is 1.00 bits per heavy atom. The molecule has 3 rings (SSSR count). The first-order chi connectivity index (χ1) is 14.1. The Hall–Kier alpha value is -2.04. The van der Waals surface area contributed by atoms with Crippen molar-refractivity contribution < 1.29 is 9.59 Å². The summed E-state index contributed by atoms with van der Waals surface area (Å²) in [4.78, 5) is 28.0. The molecule has 0 radical (unpaired) electrons. The monoisotopic (exact) mass is 446 g/mol. The summed E-state index contributed by atoms with van der Waals surface area (Å²) >= 11 is 12.0. The van der Waals surface area contributed by atoms with Crippen LogP contribution in [0.2, 0.25) is 10.0 Å². The molecular weight excluding hydrogens is 419 g/mol. The van der Waals surface area contributed by atoms with E-state index in [0.29, 0.717) is 29.6 Å². The van der Waals surface area contributed by atoms with Crippen LogP contribution in [-0.2, 0) is 4.79 Å². The van der Waals surface area contributed by atoms with Crippen molar-refractivity contribution in [2.45, 2.75) is 45.6 Å². The molecule has 4 nitrogen and oxygen atoms in total. The predicted octanol–water partition coefficient (Wildman–Crippen LogP) is 5.54. The molecule has 1 unspecified atom stereocenters. The molecule has 1 fully saturated rings. The Kier molecular flexibility index (Phi) is 7.10. The van der Waals surface area contributed by atoms with E-state index < -0.39 is 11.5 Å². The van der Waals surface area contributed by atoms with Gasteiger partial charge in [-0.1, -0.05) is 62.2 Å². The Balaban J connectivity index is 1.67. The fourth-order valence-electron chi connectivity index (χ4n) is 3.84. The zero-order valence-electron chi connectivity index (χ0n) is 17.6. The zero-order chi connectivity index (χ0) is 21.9. The molecule has 0 aliphatic carbocycles. The standard InChI is InChI=1S/C24H28Cl2N2O2/c1-24(2,3)21(27-22(29)18-5-4-6-20(26)15-18)23(30)28-13-11-17(12-14-28)16-7-9-19(25)10-8-16/h4-10,15,17,21H,11-14H2,1-3H3,(H,27,29). The lowest BCUT2D eigenvalue weighted by molar-refractivity contribution is -0.136. The van der Waals surface area contributed by atoms with E-state index in [2.05, 4.69) is 17.4 Å². The van der Waals surface area contributed by atoms with E-state index in [-0.39, 0.29) is 11.8 Å². The molecule has 0 aromatic heterocycles. The maximum Gasteiger partial charge on any atom is 0.251 e. The van der Waals surface area contributed by atoms with Gasteiger partial charge in [0, 0.05) is 28.7 Å². The van der Waals surface area contributed by atoms with Crippen LogP contribution in [0.25, 0.3) is 0 Å². The molecule has 0 saturated carbocycles. The van der Waals surface area contributed by atoms with Crippen LogP contribution in [0.3, 0.4) is 0 Å². The topological polar surface area (TPSA) is 49.4 Å². The number of rotatable bonds is 4. The molecule has 30 heavy (non-hydrogen) atoms. The van der Waals surface area contributed by atoms with Crippen molar-refractivity contribution in [2.75, 3.05) is 13.1 Å². The van der Waals surface area contributed by atoms with Crippen molar-refractivity contribution in [1.82, 2.24) is 10.2 Å². The molecular formula is C24H28Cl2N2O2. The Labute approximate surface area is 188 Å². The van der Waals surface area contributed by atoms with Crippen LogP contribution in [-0.4, -0.2) is 35.8 Å². The van der Waals surface area contributed by atoms with Gasteiger partial charge in [0.15, 0.2) is 0 Å². The third-order valence-electron chi connectivity index (χ3n) is 5.62. The molecule has 2 aromatic rings. The third kappa shape index (κ3) is 5.55. The first kappa shape index (κ1) is 22.6. The van der Waals surface area contributed by atoms with Gasteiger partial charge >= 0.3 is 0 Å². The first-order valence-electron chi connectivity index (χ1n) is 10.3. The summed E-state index contributed by atoms with van der Waals surface area (Å²) in [6, 6.07) is 14.1. The fraction of sp³-hybridized carbons (Fsp3) is 0.417. The van der Waals surface area contributed by atoms with E-state index in [1.807, 2.05) is 37.8 Å². The van der Waals surface area contributed by atoms with Crippen LogP contribution in [0.5, 0.6) is 0 Å². The second-order valence-electron chi connectivity index (χ2n) is 8.93. The smallest absolute Gasteiger partial charge is 0.251 e. The fourth-order valence-corrected chi connectivity index (χ4v) is 4.16. The van der Waals surface area contributed by atoms with Gasteiger partial charge in [-0.15, -0.1) is 0 Å². The number of halogens is 2. The van der Waals surface area contributed by atoms with E-state index in [9.17, 15) is 9.59 Å². The molecule has 0 spiro atoms. The summed E-state index contributed by atoms with van der Waals surface area (Å²) in [5.74, 6) is 0.0923. The van der Waals surface area contributed by atoms with Crippen LogP contribution in [0.4, 0.5) is 0 Å². The molecule has 1 aliphatic heterocycles. The minimum atomic E-state index is -0.615. The zero-order valence-corrected chi connectivity index (χ0v) is 19.1. The van der Waals surface area contributed by atoms with Crippen molar-refractivity contribution in [3.63, 3.8) is 0 Å². The van der Waals surface area contributed by atoms with Gasteiger partial charge in [-0.25, -0.2) is 0 Å². The number of hydrogen-bond donors (Lipinski definition) is 1. The summed E-state index contributed by atoms with van der Waals surface area (Å²) in [5, 5.41) is 4.17. The molecule has 0 bridgehead atoms. The highest BCUT2D eigenvalue weighted by molar-refractivity contribution is 6.31. The van der Waals surface area contributed by atoms with Crippen molar-refractivity contribution in [2.24, 2.45) is 5.41 Å². The molecule has 6 heteroatoms. The average Bonchev–Trinajstić information content (AvgIpc) is 2.71. The van der Waals surface area contributed by atoms with Crippen LogP contribution in [0, 0.1) is 5.41 Å². The number of amides is 2. The molecule has 1 N–H and O–H groups in total. The second kappa shape index (κ2) is 9.40. The van der Waals surface area contributed by atoms with E-state index in [4.69, 9.17) is 23.2 Å². The summed E-state index contributed by atoms with van der Waals surface area (Å²) in [6.45, 7) is 7.24. The quantitative estimate of drug-likeness (QED) is 0.669. The van der Waals surface area contributed by atoms with E-state index >= 15 is 0 Å². The molecule has 1 aliphatic rings. The first-order valence-corrected chi connectivity index (χ1v) is 11.0. The third-order valence-corrected chi connectivity index (χ3v) is 6.11. The summed E-state index contributed by atoms with van der Waals surface area (Å²) in [7, 11) is 0. The lowest BCUT2D eigenvalue weighted by Crippen LogP contribution is -2.56. The molecule has 160 valence electrons. The van der Waals surface area contributed by atoms with Crippen molar-refractivity contribution in [3.05, 3.63) is 69.7 Å². The van der Waals surface area contributed by atoms with Gasteiger partial charge in [0.1, 0.15) is 6.04 Å². The number of hydrogen-bond acceptors (Lipinski definition) is 2. The van der Waals surface area contributed by atoms with Crippen LogP contribution in [0.15, 0.2) is 48.5 Å². The molecule has 1 atom stereocenters. The predicted molar refractivity (Wildman–Crippen MR) is 122 cm³/mol. The number of piperidine rings is 1. The van der Waals surface area contributed by atoms with Crippen molar-refractivity contribution in [3.8, 4) is 0 Å². The SMILES string of the molecule is CC(C)(C)C(NC(=O)c1cccc(Cl)c1)C(=O)N1CCC(c2ccc(Cl)cc2)CC1. The number of carbonyl (C=O) groups excluding carboxylic acids is 2. The molecule has 1 saturated heterocycles. The summed E-state index contributed by atoms with van der Waals surface area (Å²) < 4.78 is 0. The number of nitrogens with zero attached hydrogens (tertiary/aromatic N) is 1. The largest absolute Gasteiger partial charge is 0.341 e. The lowest BCUT2D eigenvalue weighted by atomic mass is 9.84. The van der Waals surface area contributed by atoms with Gasteiger partial charge in [-0.3, -0.25) is 9.59 Å². The molecule has 2 amide bonds. The van der Waals surface area contributed by atoms with Crippen molar-refractivity contribution >= 4 is 35.0 Å². The molecule has 2 aromatic carbocycles. The molecule has 1 heterocycles. The minimum absolute atomic E-state index is 0.0348. The Morgan fingerprint density at radius 3 is 2.20 bits per heavy atom. The van der Waals surface area contributed by atoms with E-state index in [1.54, 1.807) is 24.3 Å². The van der Waals surface area contributed by atoms with E-state index in [1.165, 1.54) is 5.56 Å². The highest BCUT2D eigenvalue weighted by Gasteiger charge is 2.37. The van der Waals surface area contributed by atoms with E-state index in [0.717, 1.165) is 17.9 Å². The number of carbonyl (C=O) groups is 2. The van der Waals surface area contributed by atoms with Crippen LogP contribution in [0.1, 0.15) is 55.5 Å². The van der Waals surface area contributed by atoms with Gasteiger partial charge in [-0.2, -0.15) is 0 Å². The average molecular weight is 447 g/mol. The highest BCUT2D eigenvalue weighted by atomic mass is 35.5. The maximum atomic E-state index is 13.3. The van der Waals surface area contributed by atoms with Gasteiger partial charge in [0.05, 0.1) is 0 Å². The summed E-state index contributed by atoms with van der Waals surface area (Å²) in [6.07, 6.45) is 1.79. The minimum Gasteiger partial charge on any atom is -0.341 e. The van der Waals surface area contributed by atoms with Crippen LogP contribution >= 0.6 is 23.2 Å². The number of benzene rings is 2. The van der Waals surface area contributed by atoms with Crippen LogP contribution < -0.4 is 5.32 Å². The second-order valence-corrected chi connectivity index (χ2v) is 9.81. The van der Waals surface area contributed by atoms with Gasteiger partial charge in [-0.05, 0) is 60.1 Å². The van der Waals surface area contributed by atoms with Gasteiger partial charge in [0.2, 0.25) is 5.91 Å². The van der Waals surface area contributed by atoms with Gasteiger partial charge < -0.3 is 10.2 Å². The maximum absolute atomic E-state index is 13.3. The van der Waals surface area contributed by atoms with Gasteiger partial charge in [0.25, 0.3) is 5.91 Å².